The van der Waals surface area contributed by atoms with Gasteiger partial charge in [-0.3, -0.25) is 4.79 Å². The Balaban J connectivity index is 2.05. The Hall–Kier alpha value is -1.60. The summed E-state index contributed by atoms with van der Waals surface area (Å²) in [6, 6.07) is 7.49. The van der Waals surface area contributed by atoms with Gasteiger partial charge >= 0.3 is 0 Å². The molecule has 5 nitrogen and oxygen atoms in total. The molecule has 0 aliphatic heterocycles. The summed E-state index contributed by atoms with van der Waals surface area (Å²) in [4.78, 5) is 11.0. The van der Waals surface area contributed by atoms with Gasteiger partial charge in [0.15, 0.2) is 4.34 Å². The van der Waals surface area contributed by atoms with E-state index in [4.69, 9.17) is 0 Å². The highest BCUT2D eigenvalue weighted by atomic mass is 32.2. The number of nitrogens with one attached hydrogen (secondary N) is 2. The van der Waals surface area contributed by atoms with Crippen LogP contribution in [-0.2, 0) is 4.79 Å². The molecule has 20 heavy (non-hydrogen) atoms. The molecule has 0 fully saturated rings. The van der Waals surface area contributed by atoms with Crippen molar-refractivity contribution in [2.75, 3.05) is 10.6 Å². The third-order valence-corrected chi connectivity index (χ3v) is 4.10. The molecule has 0 bridgehead atoms. The molecule has 0 saturated heterocycles. The van der Waals surface area contributed by atoms with E-state index < -0.39 is 0 Å². The summed E-state index contributed by atoms with van der Waals surface area (Å²) < 4.78 is 0.945. The van der Waals surface area contributed by atoms with Crippen LogP contribution in [0.25, 0.3) is 0 Å². The average Bonchev–Trinajstić information content (AvgIpc) is 2.75. The van der Waals surface area contributed by atoms with Gasteiger partial charge in [-0.25, -0.2) is 0 Å². The summed E-state index contributed by atoms with van der Waals surface area (Å²) in [6.07, 6.45) is 0. The van der Waals surface area contributed by atoms with Gasteiger partial charge in [0, 0.05) is 23.5 Å². The molecule has 2 N–H and O–H groups in total. The quantitative estimate of drug-likeness (QED) is 0.824. The highest BCUT2D eigenvalue weighted by molar-refractivity contribution is 8.01. The van der Waals surface area contributed by atoms with Gasteiger partial charge in [-0.2, -0.15) is 0 Å². The van der Waals surface area contributed by atoms with Crippen LogP contribution in [0, 0.1) is 0 Å². The molecule has 0 aliphatic rings. The molecule has 1 amide bonds. The number of hydrogen-bond donors (Lipinski definition) is 2. The Bertz CT molecular complexity index is 598. The number of rotatable bonds is 5. The highest BCUT2D eigenvalue weighted by Crippen LogP contribution is 2.30. The number of thioether (sulfide) groups is 1. The van der Waals surface area contributed by atoms with Crippen LogP contribution in [0.4, 0.5) is 16.5 Å². The van der Waals surface area contributed by atoms with Crippen molar-refractivity contribution in [2.24, 2.45) is 0 Å². The summed E-state index contributed by atoms with van der Waals surface area (Å²) in [5, 5.41) is 15.4. The van der Waals surface area contributed by atoms with Crippen LogP contribution < -0.4 is 10.6 Å². The fourth-order valence-corrected chi connectivity index (χ4v) is 3.51. The molecule has 0 aliphatic carbocycles. The topological polar surface area (TPSA) is 66.9 Å². The zero-order valence-corrected chi connectivity index (χ0v) is 13.1. The number of amides is 1. The van der Waals surface area contributed by atoms with Crippen molar-refractivity contribution in [3.63, 3.8) is 0 Å². The predicted molar refractivity (Wildman–Crippen MR) is 84.9 cm³/mol. The maximum atomic E-state index is 11.0. The lowest BCUT2D eigenvalue weighted by atomic mass is 10.3. The Labute approximate surface area is 126 Å². The van der Waals surface area contributed by atoms with E-state index in [-0.39, 0.29) is 5.91 Å². The molecule has 1 heterocycles. The van der Waals surface area contributed by atoms with Crippen molar-refractivity contribution in [1.29, 1.82) is 0 Å². The number of carbonyl (C=O) groups is 1. The molecule has 106 valence electrons. The lowest BCUT2D eigenvalue weighted by Crippen LogP contribution is -2.05. The minimum atomic E-state index is -0.0892. The molecule has 0 spiro atoms. The second-order valence-electron chi connectivity index (χ2n) is 4.43. The maximum Gasteiger partial charge on any atom is 0.221 e. The molecular weight excluding hydrogens is 292 g/mol. The molecule has 2 aromatic rings. The number of hydrogen-bond acceptors (Lipinski definition) is 6. The van der Waals surface area contributed by atoms with E-state index in [2.05, 4.69) is 34.7 Å². The second kappa shape index (κ2) is 6.71. The van der Waals surface area contributed by atoms with Crippen LogP contribution in [0.15, 0.2) is 28.6 Å². The molecule has 2 rings (SSSR count). The summed E-state index contributed by atoms with van der Waals surface area (Å²) >= 11 is 3.21. The first-order chi connectivity index (χ1) is 9.52. The minimum Gasteiger partial charge on any atom is -0.330 e. The van der Waals surface area contributed by atoms with Crippen LogP contribution in [0.3, 0.4) is 0 Å². The molecule has 0 unspecified atom stereocenters. The second-order valence-corrected chi connectivity index (χ2v) is 7.23. The van der Waals surface area contributed by atoms with Crippen LogP contribution in [-0.4, -0.2) is 21.4 Å². The normalized spacial score (nSPS) is 10.6. The first kappa shape index (κ1) is 14.8. The lowest BCUT2D eigenvalue weighted by molar-refractivity contribution is -0.114. The molecule has 1 aromatic heterocycles. The minimum absolute atomic E-state index is 0.0892. The van der Waals surface area contributed by atoms with Crippen LogP contribution in [0.1, 0.15) is 20.8 Å². The van der Waals surface area contributed by atoms with E-state index in [1.807, 2.05) is 24.3 Å². The van der Waals surface area contributed by atoms with Crippen LogP contribution in [0.2, 0.25) is 0 Å². The van der Waals surface area contributed by atoms with E-state index in [9.17, 15) is 4.79 Å². The van der Waals surface area contributed by atoms with Gasteiger partial charge in [-0.15, -0.1) is 10.2 Å². The third kappa shape index (κ3) is 4.50. The fourth-order valence-electron chi connectivity index (χ4n) is 1.51. The average molecular weight is 308 g/mol. The molecule has 1 aromatic carbocycles. The fraction of sp³-hybridized carbons (Fsp3) is 0.308. The number of nitrogens with zero attached hydrogens (tertiary/aromatic N) is 2. The summed E-state index contributed by atoms with van der Waals surface area (Å²) in [5.41, 5.74) is 1.62. The van der Waals surface area contributed by atoms with Gasteiger partial charge in [-0.05, 0) is 18.2 Å². The summed E-state index contributed by atoms with van der Waals surface area (Å²) in [7, 11) is 0. The Kier molecular flexibility index (Phi) is 4.97. The van der Waals surface area contributed by atoms with Gasteiger partial charge < -0.3 is 10.6 Å². The standard InChI is InChI=1S/C13H16N4OS2/c1-8(2)19-13-17-16-12(20-13)15-11-6-4-5-10(7-11)14-9(3)18/h4-8H,1-3H3,(H,14,18)(H,15,16). The smallest absolute Gasteiger partial charge is 0.221 e. The molecule has 0 radical (unpaired) electrons. The highest BCUT2D eigenvalue weighted by Gasteiger charge is 2.07. The van der Waals surface area contributed by atoms with E-state index >= 15 is 0 Å². The number of anilines is 3. The monoisotopic (exact) mass is 308 g/mol. The summed E-state index contributed by atoms with van der Waals surface area (Å²) in [6.45, 7) is 5.73. The van der Waals surface area contributed by atoms with Gasteiger partial charge in [0.1, 0.15) is 0 Å². The van der Waals surface area contributed by atoms with E-state index in [1.165, 1.54) is 18.3 Å². The van der Waals surface area contributed by atoms with Crippen LogP contribution >= 0.6 is 23.1 Å². The largest absolute Gasteiger partial charge is 0.330 e. The summed E-state index contributed by atoms with van der Waals surface area (Å²) in [5.74, 6) is -0.0892. The van der Waals surface area contributed by atoms with Crippen molar-refractivity contribution >= 4 is 45.5 Å². The van der Waals surface area contributed by atoms with Gasteiger partial charge in [0.2, 0.25) is 11.0 Å². The van der Waals surface area contributed by atoms with E-state index in [0.29, 0.717) is 5.25 Å². The van der Waals surface area contributed by atoms with Gasteiger partial charge in [-0.1, -0.05) is 43.0 Å². The predicted octanol–water partition coefficient (Wildman–Crippen LogP) is 3.74. The third-order valence-electron chi connectivity index (χ3n) is 2.18. The Morgan fingerprint density at radius 2 is 2.05 bits per heavy atom. The maximum absolute atomic E-state index is 11.0. The van der Waals surface area contributed by atoms with E-state index in [0.717, 1.165) is 20.8 Å². The molecular formula is C13H16N4OS2. The zero-order valence-electron chi connectivity index (χ0n) is 11.5. The first-order valence-electron chi connectivity index (χ1n) is 6.18. The Morgan fingerprint density at radius 1 is 1.30 bits per heavy atom. The van der Waals surface area contributed by atoms with Crippen molar-refractivity contribution in [2.45, 2.75) is 30.4 Å². The van der Waals surface area contributed by atoms with Crippen LogP contribution in [0.5, 0.6) is 0 Å². The number of carbonyl (C=O) groups excluding carboxylic acids is 1. The van der Waals surface area contributed by atoms with Gasteiger partial charge in [0.25, 0.3) is 0 Å². The molecule has 7 heteroatoms. The van der Waals surface area contributed by atoms with Crippen molar-refractivity contribution in [1.82, 2.24) is 10.2 Å². The molecule has 0 saturated carbocycles. The van der Waals surface area contributed by atoms with Crippen molar-refractivity contribution in [3.8, 4) is 0 Å². The number of aromatic nitrogens is 2. The van der Waals surface area contributed by atoms with E-state index in [1.54, 1.807) is 11.8 Å². The first-order valence-corrected chi connectivity index (χ1v) is 7.87. The lowest BCUT2D eigenvalue weighted by Gasteiger charge is -2.05. The number of benzene rings is 1. The van der Waals surface area contributed by atoms with Gasteiger partial charge in [0.05, 0.1) is 0 Å². The van der Waals surface area contributed by atoms with Crippen molar-refractivity contribution in [3.05, 3.63) is 24.3 Å². The molecule has 0 atom stereocenters. The Morgan fingerprint density at radius 3 is 2.75 bits per heavy atom. The SMILES string of the molecule is CC(=O)Nc1cccc(Nc2nnc(SC(C)C)s2)c1. The zero-order chi connectivity index (χ0) is 14.5. The van der Waals surface area contributed by atoms with Crippen molar-refractivity contribution < 1.29 is 4.79 Å².